The van der Waals surface area contributed by atoms with Gasteiger partial charge < -0.3 is 24.6 Å². The topological polar surface area (TPSA) is 71.1 Å². The third-order valence-electron chi connectivity index (χ3n) is 5.42. The van der Waals surface area contributed by atoms with Crippen LogP contribution >= 0.6 is 11.3 Å². The number of halogens is 1. The summed E-state index contributed by atoms with van der Waals surface area (Å²) >= 11 is 1.66. The van der Waals surface area contributed by atoms with E-state index in [1.807, 2.05) is 25.3 Å². The molecule has 3 rings (SSSR count). The number of thiophene rings is 1. The van der Waals surface area contributed by atoms with Crippen molar-refractivity contribution in [1.82, 2.24) is 15.1 Å². The van der Waals surface area contributed by atoms with Crippen molar-refractivity contribution < 1.29 is 23.5 Å². The first-order valence-electron chi connectivity index (χ1n) is 11.2. The zero-order valence-corrected chi connectivity index (χ0v) is 20.2. The number of methoxy groups -OCH3 is 1. The van der Waals surface area contributed by atoms with Gasteiger partial charge in [-0.3, -0.25) is 4.79 Å². The van der Waals surface area contributed by atoms with E-state index in [0.29, 0.717) is 31.9 Å². The molecule has 1 atom stereocenters. The SMILES string of the molecule is COCCCN(CC(=O)N1CCc2sccc2[C@H]1COc1cccc(F)c1)C(=O)NC(C)C. The summed E-state index contributed by atoms with van der Waals surface area (Å²) in [7, 11) is 1.61. The quantitative estimate of drug-likeness (QED) is 0.528. The second-order valence-corrected chi connectivity index (χ2v) is 9.29. The summed E-state index contributed by atoms with van der Waals surface area (Å²) in [6.07, 6.45) is 1.40. The molecule has 33 heavy (non-hydrogen) atoms. The van der Waals surface area contributed by atoms with E-state index < -0.39 is 0 Å². The molecule has 0 spiro atoms. The Hall–Kier alpha value is -2.65. The summed E-state index contributed by atoms with van der Waals surface area (Å²) in [6.45, 7) is 5.41. The van der Waals surface area contributed by atoms with Crippen LogP contribution in [0.5, 0.6) is 5.75 Å². The Kier molecular flexibility index (Phi) is 9.08. The molecule has 0 unspecified atom stereocenters. The van der Waals surface area contributed by atoms with Crippen molar-refractivity contribution in [2.75, 3.05) is 40.0 Å². The number of ether oxygens (including phenoxy) is 2. The lowest BCUT2D eigenvalue weighted by Crippen LogP contribution is -2.51. The molecule has 0 aliphatic carbocycles. The minimum absolute atomic E-state index is 0.0296. The number of rotatable bonds is 10. The van der Waals surface area contributed by atoms with Crippen molar-refractivity contribution in [1.29, 1.82) is 0 Å². The van der Waals surface area contributed by atoms with E-state index in [0.717, 1.165) is 12.0 Å². The molecule has 2 heterocycles. The van der Waals surface area contributed by atoms with Crippen molar-refractivity contribution in [2.45, 2.75) is 38.8 Å². The molecule has 1 aromatic carbocycles. The largest absolute Gasteiger partial charge is 0.491 e. The maximum Gasteiger partial charge on any atom is 0.318 e. The first kappa shape index (κ1) is 25.0. The fourth-order valence-electron chi connectivity index (χ4n) is 3.85. The zero-order valence-electron chi connectivity index (χ0n) is 19.4. The predicted molar refractivity (Wildman–Crippen MR) is 126 cm³/mol. The van der Waals surface area contributed by atoms with Gasteiger partial charge in [-0.15, -0.1) is 11.3 Å². The van der Waals surface area contributed by atoms with Gasteiger partial charge in [-0.25, -0.2) is 9.18 Å². The van der Waals surface area contributed by atoms with Gasteiger partial charge in [-0.1, -0.05) is 6.07 Å². The minimum atomic E-state index is -0.372. The van der Waals surface area contributed by atoms with E-state index in [1.54, 1.807) is 35.5 Å². The maximum absolute atomic E-state index is 13.6. The van der Waals surface area contributed by atoms with Gasteiger partial charge in [-0.05, 0) is 55.8 Å². The highest BCUT2D eigenvalue weighted by Gasteiger charge is 2.33. The molecule has 1 N–H and O–H groups in total. The number of carbonyl (C=O) groups excluding carboxylic acids is 2. The van der Waals surface area contributed by atoms with Gasteiger partial charge in [0, 0.05) is 43.8 Å². The Morgan fingerprint density at radius 2 is 2.15 bits per heavy atom. The molecule has 0 saturated carbocycles. The van der Waals surface area contributed by atoms with Crippen LogP contribution in [0.4, 0.5) is 9.18 Å². The number of fused-ring (bicyclic) bond motifs is 1. The van der Waals surface area contributed by atoms with Gasteiger partial charge >= 0.3 is 6.03 Å². The first-order chi connectivity index (χ1) is 15.9. The van der Waals surface area contributed by atoms with E-state index in [-0.39, 0.29) is 43.0 Å². The summed E-state index contributed by atoms with van der Waals surface area (Å²) in [4.78, 5) is 30.6. The molecular formula is C24H32FN3O4S. The standard InChI is InChI=1S/C24H32FN3O4S/c1-17(2)26-24(30)27(10-5-12-31-3)15-23(29)28-11-8-22-20(9-13-33-22)21(28)16-32-19-7-4-6-18(25)14-19/h4,6-7,9,13-14,17,21H,5,8,10-12,15-16H2,1-3H3,(H,26,30)/t21-/m1/s1. The molecule has 0 radical (unpaired) electrons. The number of carbonyl (C=O) groups is 2. The van der Waals surface area contributed by atoms with E-state index >= 15 is 0 Å². The summed E-state index contributed by atoms with van der Waals surface area (Å²) in [5.41, 5.74) is 1.05. The van der Waals surface area contributed by atoms with Gasteiger partial charge in [-0.2, -0.15) is 0 Å². The molecule has 1 aliphatic heterocycles. The van der Waals surface area contributed by atoms with E-state index in [2.05, 4.69) is 5.32 Å². The highest BCUT2D eigenvalue weighted by atomic mass is 32.1. The lowest BCUT2D eigenvalue weighted by molar-refractivity contribution is -0.135. The number of nitrogens with one attached hydrogen (secondary N) is 1. The molecule has 9 heteroatoms. The Bertz CT molecular complexity index is 936. The zero-order chi connectivity index (χ0) is 23.8. The highest BCUT2D eigenvalue weighted by Crippen LogP contribution is 2.34. The second kappa shape index (κ2) is 12.0. The van der Waals surface area contributed by atoms with Crippen LogP contribution < -0.4 is 10.1 Å². The summed E-state index contributed by atoms with van der Waals surface area (Å²) in [6, 6.07) is 7.39. The molecule has 1 aliphatic rings. The third kappa shape index (κ3) is 6.91. The van der Waals surface area contributed by atoms with Gasteiger partial charge in [0.25, 0.3) is 0 Å². The number of nitrogens with zero attached hydrogens (tertiary/aromatic N) is 2. The second-order valence-electron chi connectivity index (χ2n) is 8.29. The smallest absolute Gasteiger partial charge is 0.318 e. The predicted octanol–water partition coefficient (Wildman–Crippen LogP) is 3.85. The van der Waals surface area contributed by atoms with Crippen molar-refractivity contribution in [3.8, 4) is 5.75 Å². The molecular weight excluding hydrogens is 445 g/mol. The Balaban J connectivity index is 1.74. The number of urea groups is 1. The molecule has 0 bridgehead atoms. The van der Waals surface area contributed by atoms with Crippen molar-refractivity contribution >= 4 is 23.3 Å². The molecule has 180 valence electrons. The Labute approximate surface area is 198 Å². The summed E-state index contributed by atoms with van der Waals surface area (Å²) in [5, 5.41) is 4.88. The molecule has 2 aromatic rings. The molecule has 3 amide bonds. The lowest BCUT2D eigenvalue weighted by Gasteiger charge is -2.37. The van der Waals surface area contributed by atoms with Gasteiger partial charge in [0.1, 0.15) is 24.7 Å². The first-order valence-corrected chi connectivity index (χ1v) is 12.1. The van der Waals surface area contributed by atoms with Gasteiger partial charge in [0.2, 0.25) is 5.91 Å². The third-order valence-corrected chi connectivity index (χ3v) is 6.42. The van der Waals surface area contributed by atoms with Crippen LogP contribution in [0.3, 0.4) is 0 Å². The van der Waals surface area contributed by atoms with Crippen LogP contribution in [0.1, 0.15) is 36.8 Å². The summed E-state index contributed by atoms with van der Waals surface area (Å²) < 4.78 is 24.6. The van der Waals surface area contributed by atoms with Crippen molar-refractivity contribution in [3.63, 3.8) is 0 Å². The van der Waals surface area contributed by atoms with Crippen LogP contribution in [-0.4, -0.2) is 67.7 Å². The van der Waals surface area contributed by atoms with Gasteiger partial charge in [0.15, 0.2) is 0 Å². The number of hydrogen-bond acceptors (Lipinski definition) is 5. The molecule has 0 saturated heterocycles. The van der Waals surface area contributed by atoms with Crippen LogP contribution in [0, 0.1) is 5.82 Å². The number of hydrogen-bond donors (Lipinski definition) is 1. The normalized spacial score (nSPS) is 15.3. The Morgan fingerprint density at radius 1 is 1.33 bits per heavy atom. The maximum atomic E-state index is 13.6. The number of amides is 3. The molecule has 1 aromatic heterocycles. The summed E-state index contributed by atoms with van der Waals surface area (Å²) in [5.74, 6) is -0.0959. The lowest BCUT2D eigenvalue weighted by atomic mass is 10.0. The highest BCUT2D eigenvalue weighted by molar-refractivity contribution is 7.10. The van der Waals surface area contributed by atoms with Crippen LogP contribution in [-0.2, 0) is 16.0 Å². The average Bonchev–Trinajstić information content (AvgIpc) is 3.25. The monoisotopic (exact) mass is 477 g/mol. The van der Waals surface area contributed by atoms with Crippen molar-refractivity contribution in [3.05, 3.63) is 52.0 Å². The van der Waals surface area contributed by atoms with E-state index in [1.165, 1.54) is 21.9 Å². The van der Waals surface area contributed by atoms with Crippen LogP contribution in [0.2, 0.25) is 0 Å². The van der Waals surface area contributed by atoms with Crippen LogP contribution in [0.15, 0.2) is 35.7 Å². The Morgan fingerprint density at radius 3 is 2.88 bits per heavy atom. The molecule has 7 nitrogen and oxygen atoms in total. The molecule has 0 fully saturated rings. The minimum Gasteiger partial charge on any atom is -0.491 e. The van der Waals surface area contributed by atoms with Gasteiger partial charge in [0.05, 0.1) is 6.04 Å². The fourth-order valence-corrected chi connectivity index (χ4v) is 4.78. The van der Waals surface area contributed by atoms with E-state index in [4.69, 9.17) is 9.47 Å². The van der Waals surface area contributed by atoms with E-state index in [9.17, 15) is 14.0 Å². The van der Waals surface area contributed by atoms with Crippen LogP contribution in [0.25, 0.3) is 0 Å². The average molecular weight is 478 g/mol. The van der Waals surface area contributed by atoms with Crippen molar-refractivity contribution in [2.24, 2.45) is 0 Å². The fraction of sp³-hybridized carbons (Fsp3) is 0.500. The number of benzene rings is 1.